The zero-order valence-electron chi connectivity index (χ0n) is 15.1. The third kappa shape index (κ3) is 4.59. The lowest BCUT2D eigenvalue weighted by Crippen LogP contribution is -2.45. The lowest BCUT2D eigenvalue weighted by Gasteiger charge is -2.29. The Balaban J connectivity index is 2.04. The average molecular weight is 331 g/mol. The number of esters is 1. The first-order valence-corrected chi connectivity index (χ1v) is 9.02. The van der Waals surface area contributed by atoms with Crippen LogP contribution in [0, 0.1) is 5.92 Å². The molecule has 4 nitrogen and oxygen atoms in total. The molecule has 0 aliphatic carbocycles. The van der Waals surface area contributed by atoms with Gasteiger partial charge in [-0.05, 0) is 30.7 Å². The molecule has 1 saturated heterocycles. The number of carbonyl (C=O) groups is 2. The smallest absolute Gasteiger partial charge is 0.306 e. The molecule has 0 bridgehead atoms. The first-order chi connectivity index (χ1) is 11.5. The molecule has 1 fully saturated rings. The van der Waals surface area contributed by atoms with Crippen LogP contribution in [0.4, 0.5) is 0 Å². The maximum Gasteiger partial charge on any atom is 0.306 e. The van der Waals surface area contributed by atoms with Gasteiger partial charge in [0, 0.05) is 25.9 Å². The van der Waals surface area contributed by atoms with E-state index in [0.717, 1.165) is 12.8 Å². The predicted octanol–water partition coefficient (Wildman–Crippen LogP) is 3.59. The predicted molar refractivity (Wildman–Crippen MR) is 94.5 cm³/mol. The lowest BCUT2D eigenvalue weighted by atomic mass is 9.90. The van der Waals surface area contributed by atoms with E-state index >= 15 is 0 Å². The molecule has 24 heavy (non-hydrogen) atoms. The molecule has 1 unspecified atom stereocenters. The van der Waals surface area contributed by atoms with Gasteiger partial charge in [0.25, 0.3) is 5.91 Å². The molecule has 1 aliphatic rings. The number of likely N-dealkylation sites (tertiary alicyclic amines) is 1. The first-order valence-electron chi connectivity index (χ1n) is 9.02. The van der Waals surface area contributed by atoms with E-state index in [-0.39, 0.29) is 11.9 Å². The first kappa shape index (κ1) is 18.5. The van der Waals surface area contributed by atoms with Crippen LogP contribution in [-0.2, 0) is 20.7 Å². The Bertz CT molecular complexity index is 555. The Morgan fingerprint density at radius 1 is 1.29 bits per heavy atom. The third-order valence-electron chi connectivity index (χ3n) is 4.48. The van der Waals surface area contributed by atoms with Crippen molar-refractivity contribution in [3.05, 3.63) is 35.9 Å². The summed E-state index contributed by atoms with van der Waals surface area (Å²) in [4.78, 5) is 26.9. The highest BCUT2D eigenvalue weighted by Crippen LogP contribution is 2.34. The summed E-state index contributed by atoms with van der Waals surface area (Å²) in [5, 5.41) is 0. The third-order valence-corrected chi connectivity index (χ3v) is 4.48. The molecule has 2 rings (SSSR count). The summed E-state index contributed by atoms with van der Waals surface area (Å²) in [5.74, 6) is 0.0328. The molecule has 1 atom stereocenters. The number of nitrogens with zero attached hydrogens (tertiary/aromatic N) is 1. The number of amides is 1. The van der Waals surface area contributed by atoms with E-state index in [4.69, 9.17) is 4.74 Å². The highest BCUT2D eigenvalue weighted by Gasteiger charge is 2.49. The second-order valence-corrected chi connectivity index (χ2v) is 7.09. The van der Waals surface area contributed by atoms with Crippen LogP contribution in [0.3, 0.4) is 0 Å². The highest BCUT2D eigenvalue weighted by molar-refractivity contribution is 5.90. The van der Waals surface area contributed by atoms with Crippen LogP contribution in [0.15, 0.2) is 30.3 Å². The fraction of sp³-hybridized carbons (Fsp3) is 0.600. The lowest BCUT2D eigenvalue weighted by molar-refractivity contribution is -0.170. The average Bonchev–Trinajstić information content (AvgIpc) is 2.82. The molecule has 132 valence electrons. The molecule has 1 heterocycles. The van der Waals surface area contributed by atoms with Crippen molar-refractivity contribution < 1.29 is 14.3 Å². The van der Waals surface area contributed by atoms with Gasteiger partial charge in [0.1, 0.15) is 0 Å². The second kappa shape index (κ2) is 8.32. The minimum absolute atomic E-state index is 0.0171. The SMILES string of the molecule is CCCC(=O)OC1(CC(C)C)CCN(CCc2ccccc2)C1=O. The van der Waals surface area contributed by atoms with E-state index in [1.54, 1.807) is 0 Å². The number of hydrogen-bond donors (Lipinski definition) is 0. The van der Waals surface area contributed by atoms with Gasteiger partial charge in [-0.2, -0.15) is 0 Å². The molecule has 0 aromatic heterocycles. The standard InChI is InChI=1S/C20H29NO3/c1-4-8-18(22)24-20(15-16(2)3)12-14-21(19(20)23)13-11-17-9-6-5-7-10-17/h5-7,9-10,16H,4,8,11-15H2,1-3H3. The van der Waals surface area contributed by atoms with Crippen molar-refractivity contribution in [2.45, 2.75) is 58.5 Å². The minimum atomic E-state index is -0.947. The van der Waals surface area contributed by atoms with Crippen LogP contribution in [0.2, 0.25) is 0 Å². The Morgan fingerprint density at radius 3 is 2.62 bits per heavy atom. The Kier molecular flexibility index (Phi) is 6.41. The quantitative estimate of drug-likeness (QED) is 0.684. The number of rotatable bonds is 8. The topological polar surface area (TPSA) is 46.6 Å². The molecule has 1 aliphatic heterocycles. The van der Waals surface area contributed by atoms with Crippen LogP contribution >= 0.6 is 0 Å². The van der Waals surface area contributed by atoms with E-state index in [9.17, 15) is 9.59 Å². The summed E-state index contributed by atoms with van der Waals surface area (Å²) in [6.45, 7) is 7.41. The van der Waals surface area contributed by atoms with Crippen molar-refractivity contribution in [3.63, 3.8) is 0 Å². The van der Waals surface area contributed by atoms with Crippen LogP contribution in [-0.4, -0.2) is 35.5 Å². The van der Waals surface area contributed by atoms with Gasteiger partial charge in [-0.25, -0.2) is 0 Å². The molecule has 1 amide bonds. The second-order valence-electron chi connectivity index (χ2n) is 7.09. The zero-order chi connectivity index (χ0) is 17.6. The van der Waals surface area contributed by atoms with Gasteiger partial charge in [-0.15, -0.1) is 0 Å². The largest absolute Gasteiger partial charge is 0.449 e. The maximum absolute atomic E-state index is 13.0. The number of hydrogen-bond acceptors (Lipinski definition) is 3. The number of ether oxygens (including phenoxy) is 1. The Hall–Kier alpha value is -1.84. The summed E-state index contributed by atoms with van der Waals surface area (Å²) in [6, 6.07) is 10.2. The summed E-state index contributed by atoms with van der Waals surface area (Å²) < 4.78 is 5.71. The van der Waals surface area contributed by atoms with Crippen molar-refractivity contribution >= 4 is 11.9 Å². The Morgan fingerprint density at radius 2 is 2.00 bits per heavy atom. The minimum Gasteiger partial charge on any atom is -0.449 e. The molecule has 0 spiro atoms. The molecular weight excluding hydrogens is 302 g/mol. The van der Waals surface area contributed by atoms with Crippen molar-refractivity contribution in [2.24, 2.45) is 5.92 Å². The number of benzene rings is 1. The van der Waals surface area contributed by atoms with E-state index in [1.807, 2.05) is 30.0 Å². The van der Waals surface area contributed by atoms with Crippen LogP contribution < -0.4 is 0 Å². The normalized spacial score (nSPS) is 20.7. The Labute approximate surface area is 145 Å². The van der Waals surface area contributed by atoms with Crippen molar-refractivity contribution in [2.75, 3.05) is 13.1 Å². The van der Waals surface area contributed by atoms with Crippen molar-refractivity contribution in [1.82, 2.24) is 4.90 Å². The maximum atomic E-state index is 13.0. The molecule has 1 aromatic rings. The van der Waals surface area contributed by atoms with E-state index < -0.39 is 5.60 Å². The molecule has 0 saturated carbocycles. The molecule has 1 aromatic carbocycles. The van der Waals surface area contributed by atoms with E-state index in [1.165, 1.54) is 5.56 Å². The summed E-state index contributed by atoms with van der Waals surface area (Å²) in [6.07, 6.45) is 3.14. The van der Waals surface area contributed by atoms with Crippen molar-refractivity contribution in [3.8, 4) is 0 Å². The van der Waals surface area contributed by atoms with Gasteiger partial charge in [-0.3, -0.25) is 9.59 Å². The fourth-order valence-electron chi connectivity index (χ4n) is 3.39. The van der Waals surface area contributed by atoms with E-state index in [2.05, 4.69) is 26.0 Å². The molecule has 0 N–H and O–H groups in total. The van der Waals surface area contributed by atoms with Gasteiger partial charge in [0.15, 0.2) is 5.60 Å². The molecule has 0 radical (unpaired) electrons. The number of carbonyl (C=O) groups excluding carboxylic acids is 2. The monoisotopic (exact) mass is 331 g/mol. The summed E-state index contributed by atoms with van der Waals surface area (Å²) in [7, 11) is 0. The van der Waals surface area contributed by atoms with Crippen molar-refractivity contribution in [1.29, 1.82) is 0 Å². The fourth-order valence-corrected chi connectivity index (χ4v) is 3.39. The molecular formula is C20H29NO3. The van der Waals surface area contributed by atoms with E-state index in [0.29, 0.717) is 38.3 Å². The highest BCUT2D eigenvalue weighted by atomic mass is 16.6. The van der Waals surface area contributed by atoms with Gasteiger partial charge in [0.2, 0.25) is 0 Å². The summed E-state index contributed by atoms with van der Waals surface area (Å²) >= 11 is 0. The van der Waals surface area contributed by atoms with Gasteiger partial charge in [-0.1, -0.05) is 51.1 Å². The van der Waals surface area contributed by atoms with Gasteiger partial charge < -0.3 is 9.64 Å². The molecule has 4 heteroatoms. The van der Waals surface area contributed by atoms with Gasteiger partial charge in [0.05, 0.1) is 0 Å². The van der Waals surface area contributed by atoms with Crippen LogP contribution in [0.5, 0.6) is 0 Å². The van der Waals surface area contributed by atoms with Crippen LogP contribution in [0.25, 0.3) is 0 Å². The van der Waals surface area contributed by atoms with Crippen LogP contribution in [0.1, 0.15) is 52.0 Å². The zero-order valence-corrected chi connectivity index (χ0v) is 15.1. The summed E-state index contributed by atoms with van der Waals surface area (Å²) in [5.41, 5.74) is 0.270. The van der Waals surface area contributed by atoms with Gasteiger partial charge >= 0.3 is 5.97 Å².